The zero-order valence-electron chi connectivity index (χ0n) is 13.5. The molecule has 1 aliphatic heterocycles. The summed E-state index contributed by atoms with van der Waals surface area (Å²) >= 11 is 0. The van der Waals surface area contributed by atoms with Gasteiger partial charge in [-0.25, -0.2) is 4.79 Å². The molecule has 1 unspecified atom stereocenters. The maximum atomic E-state index is 11.7. The van der Waals surface area contributed by atoms with Crippen molar-refractivity contribution in [3.63, 3.8) is 0 Å². The lowest BCUT2D eigenvalue weighted by atomic mass is 9.89. The van der Waals surface area contributed by atoms with E-state index in [0.29, 0.717) is 25.6 Å². The molecule has 0 fully saturated rings. The van der Waals surface area contributed by atoms with Gasteiger partial charge in [-0.3, -0.25) is 10.1 Å². The topological polar surface area (TPSA) is 72.7 Å². The van der Waals surface area contributed by atoms with Crippen molar-refractivity contribution in [2.24, 2.45) is 5.92 Å². The molecule has 1 aromatic carbocycles. The Bertz CT molecular complexity index is 595. The summed E-state index contributed by atoms with van der Waals surface area (Å²) in [4.78, 5) is 23.7. The molecule has 6 heteroatoms. The minimum atomic E-state index is -0.388. The number of amides is 1. The van der Waals surface area contributed by atoms with E-state index >= 15 is 0 Å². The third-order valence-electron chi connectivity index (χ3n) is 4.09. The summed E-state index contributed by atoms with van der Waals surface area (Å²) in [6, 6.07) is 6.70. The standard InChI is InChI=1S/C17H22N2O4/c1-3-23-17(20)18-10-8-15(9-11-18)13(2)12-14-4-6-16(7-5-14)19(21)22/h4-8,13H,3,9-12H2,1-2H3. The summed E-state index contributed by atoms with van der Waals surface area (Å²) in [5, 5.41) is 10.7. The Morgan fingerprint density at radius 2 is 2.09 bits per heavy atom. The summed E-state index contributed by atoms with van der Waals surface area (Å²) in [5.41, 5.74) is 2.52. The lowest BCUT2D eigenvalue weighted by Gasteiger charge is -2.28. The van der Waals surface area contributed by atoms with Crippen molar-refractivity contribution in [3.05, 3.63) is 51.6 Å². The number of nitrogens with zero attached hydrogens (tertiary/aromatic N) is 2. The van der Waals surface area contributed by atoms with E-state index in [1.165, 1.54) is 5.57 Å². The smallest absolute Gasteiger partial charge is 0.410 e. The fourth-order valence-corrected chi connectivity index (χ4v) is 2.75. The lowest BCUT2D eigenvalue weighted by Crippen LogP contribution is -2.36. The molecule has 1 aromatic rings. The largest absolute Gasteiger partial charge is 0.450 e. The quantitative estimate of drug-likeness (QED) is 0.473. The number of rotatable bonds is 5. The Morgan fingerprint density at radius 1 is 1.39 bits per heavy atom. The molecular weight excluding hydrogens is 296 g/mol. The molecule has 2 rings (SSSR count). The van der Waals surface area contributed by atoms with Gasteiger partial charge in [0.05, 0.1) is 11.5 Å². The fraction of sp³-hybridized carbons (Fsp3) is 0.471. The molecule has 1 atom stereocenters. The maximum absolute atomic E-state index is 11.7. The average molecular weight is 318 g/mol. The Balaban J connectivity index is 1.92. The van der Waals surface area contributed by atoms with Gasteiger partial charge in [0.25, 0.3) is 5.69 Å². The van der Waals surface area contributed by atoms with E-state index < -0.39 is 0 Å². The van der Waals surface area contributed by atoms with Crippen LogP contribution in [-0.2, 0) is 11.2 Å². The monoisotopic (exact) mass is 318 g/mol. The second-order valence-electron chi connectivity index (χ2n) is 5.70. The zero-order chi connectivity index (χ0) is 16.8. The van der Waals surface area contributed by atoms with Crippen LogP contribution >= 0.6 is 0 Å². The molecule has 0 N–H and O–H groups in total. The van der Waals surface area contributed by atoms with Gasteiger partial charge in [-0.2, -0.15) is 0 Å². The first-order valence-corrected chi connectivity index (χ1v) is 7.85. The van der Waals surface area contributed by atoms with Crippen LogP contribution in [0, 0.1) is 16.0 Å². The number of carbonyl (C=O) groups excluding carboxylic acids is 1. The number of ether oxygens (including phenoxy) is 1. The summed E-state index contributed by atoms with van der Waals surface area (Å²) in [7, 11) is 0. The number of non-ortho nitro benzene ring substituents is 1. The highest BCUT2D eigenvalue weighted by Crippen LogP contribution is 2.24. The summed E-state index contributed by atoms with van der Waals surface area (Å²) in [6.07, 6.45) is 3.51. The Morgan fingerprint density at radius 3 is 2.61 bits per heavy atom. The average Bonchev–Trinajstić information content (AvgIpc) is 2.55. The first-order chi connectivity index (χ1) is 11.0. The maximum Gasteiger partial charge on any atom is 0.410 e. The van der Waals surface area contributed by atoms with Crippen molar-refractivity contribution < 1.29 is 14.5 Å². The van der Waals surface area contributed by atoms with E-state index in [1.807, 2.05) is 12.1 Å². The first kappa shape index (κ1) is 17.0. The second kappa shape index (κ2) is 7.76. The molecule has 124 valence electrons. The number of hydrogen-bond donors (Lipinski definition) is 0. The number of carbonyl (C=O) groups is 1. The Kier molecular flexibility index (Phi) is 5.73. The molecule has 0 aliphatic carbocycles. The Hall–Kier alpha value is -2.37. The zero-order valence-corrected chi connectivity index (χ0v) is 13.5. The van der Waals surface area contributed by atoms with E-state index in [9.17, 15) is 14.9 Å². The molecule has 0 spiro atoms. The van der Waals surface area contributed by atoms with Crippen molar-refractivity contribution in [3.8, 4) is 0 Å². The van der Waals surface area contributed by atoms with E-state index in [2.05, 4.69) is 13.0 Å². The lowest BCUT2D eigenvalue weighted by molar-refractivity contribution is -0.384. The summed E-state index contributed by atoms with van der Waals surface area (Å²) < 4.78 is 5.01. The van der Waals surface area contributed by atoms with Gasteiger partial charge in [0, 0.05) is 25.2 Å². The minimum Gasteiger partial charge on any atom is -0.450 e. The molecule has 0 saturated heterocycles. The molecule has 1 heterocycles. The molecular formula is C17H22N2O4. The van der Waals surface area contributed by atoms with Gasteiger partial charge in [-0.15, -0.1) is 0 Å². The van der Waals surface area contributed by atoms with Gasteiger partial charge >= 0.3 is 6.09 Å². The number of benzene rings is 1. The van der Waals surface area contributed by atoms with Crippen LogP contribution in [0.15, 0.2) is 35.9 Å². The highest BCUT2D eigenvalue weighted by molar-refractivity contribution is 5.68. The van der Waals surface area contributed by atoms with Crippen LogP contribution < -0.4 is 0 Å². The fourth-order valence-electron chi connectivity index (χ4n) is 2.75. The van der Waals surface area contributed by atoms with Gasteiger partial charge in [0.2, 0.25) is 0 Å². The summed E-state index contributed by atoms with van der Waals surface area (Å²) in [6.45, 7) is 5.60. The van der Waals surface area contributed by atoms with Gasteiger partial charge in [0.1, 0.15) is 0 Å². The third-order valence-corrected chi connectivity index (χ3v) is 4.09. The van der Waals surface area contributed by atoms with Crippen molar-refractivity contribution in [2.75, 3.05) is 19.7 Å². The number of nitro groups is 1. The van der Waals surface area contributed by atoms with E-state index in [-0.39, 0.29) is 16.7 Å². The molecule has 0 bridgehead atoms. The molecule has 0 radical (unpaired) electrons. The number of nitro benzene ring substituents is 1. The van der Waals surface area contributed by atoms with Crippen molar-refractivity contribution in [2.45, 2.75) is 26.7 Å². The second-order valence-corrected chi connectivity index (χ2v) is 5.70. The number of hydrogen-bond acceptors (Lipinski definition) is 4. The predicted molar refractivity (Wildman–Crippen MR) is 87.3 cm³/mol. The van der Waals surface area contributed by atoms with Crippen LogP contribution in [0.1, 0.15) is 25.8 Å². The summed E-state index contributed by atoms with van der Waals surface area (Å²) in [5.74, 6) is 0.348. The third kappa shape index (κ3) is 4.55. The molecule has 23 heavy (non-hydrogen) atoms. The SMILES string of the molecule is CCOC(=O)N1CC=C(C(C)Cc2ccc([N+](=O)[O-])cc2)CC1. The van der Waals surface area contributed by atoms with Crippen molar-refractivity contribution >= 4 is 11.8 Å². The van der Waals surface area contributed by atoms with Crippen LogP contribution in [0.4, 0.5) is 10.5 Å². The van der Waals surface area contributed by atoms with Crippen LogP contribution in [0.25, 0.3) is 0 Å². The van der Waals surface area contributed by atoms with Crippen LogP contribution in [0.2, 0.25) is 0 Å². The van der Waals surface area contributed by atoms with E-state index in [0.717, 1.165) is 18.4 Å². The van der Waals surface area contributed by atoms with Gasteiger partial charge in [-0.05, 0) is 31.2 Å². The van der Waals surface area contributed by atoms with E-state index in [1.54, 1.807) is 24.0 Å². The molecule has 1 amide bonds. The van der Waals surface area contributed by atoms with Crippen LogP contribution in [0.3, 0.4) is 0 Å². The molecule has 6 nitrogen and oxygen atoms in total. The van der Waals surface area contributed by atoms with Gasteiger partial charge < -0.3 is 9.64 Å². The van der Waals surface area contributed by atoms with Crippen LogP contribution in [-0.4, -0.2) is 35.6 Å². The highest BCUT2D eigenvalue weighted by Gasteiger charge is 2.20. The van der Waals surface area contributed by atoms with Gasteiger partial charge in [-0.1, -0.05) is 30.7 Å². The molecule has 0 saturated carbocycles. The van der Waals surface area contributed by atoms with Crippen LogP contribution in [0.5, 0.6) is 0 Å². The predicted octanol–water partition coefficient (Wildman–Crippen LogP) is 3.56. The first-order valence-electron chi connectivity index (χ1n) is 7.85. The van der Waals surface area contributed by atoms with Crippen molar-refractivity contribution in [1.82, 2.24) is 4.90 Å². The molecule has 0 aromatic heterocycles. The van der Waals surface area contributed by atoms with E-state index in [4.69, 9.17) is 4.74 Å². The van der Waals surface area contributed by atoms with Gasteiger partial charge in [0.15, 0.2) is 0 Å². The minimum absolute atomic E-state index is 0.114. The molecule has 1 aliphatic rings. The highest BCUT2D eigenvalue weighted by atomic mass is 16.6. The van der Waals surface area contributed by atoms with Crippen molar-refractivity contribution in [1.29, 1.82) is 0 Å². The normalized spacial score (nSPS) is 15.7. The Labute approximate surface area is 135 Å².